The van der Waals surface area contributed by atoms with Crippen molar-refractivity contribution in [1.82, 2.24) is 10.2 Å². The fourth-order valence-corrected chi connectivity index (χ4v) is 5.47. The molecule has 3 heterocycles. The summed E-state index contributed by atoms with van der Waals surface area (Å²) < 4.78 is 82.7. The lowest BCUT2D eigenvalue weighted by atomic mass is 9.89. The van der Waals surface area contributed by atoms with Gasteiger partial charge in [-0.15, -0.1) is 0 Å². The lowest BCUT2D eigenvalue weighted by Crippen LogP contribution is -2.44. The number of anilines is 1. The van der Waals surface area contributed by atoms with E-state index in [1.165, 1.54) is 6.07 Å². The molecule has 214 valence electrons. The first-order valence-corrected chi connectivity index (χ1v) is 13.8. The Morgan fingerprint density at radius 3 is 2.54 bits per heavy atom. The Kier molecular flexibility index (Phi) is 6.23. The van der Waals surface area contributed by atoms with Gasteiger partial charge in [0, 0.05) is 64.9 Å². The Morgan fingerprint density at radius 2 is 1.78 bits per heavy atom. The molecule has 3 aliphatic heterocycles. The number of amidine groups is 1. The molecular formula is C33H36F2N4O2. The zero-order valence-electron chi connectivity index (χ0n) is 28.8. The van der Waals surface area contributed by atoms with Gasteiger partial charge in [0.25, 0.3) is 5.91 Å². The molecule has 0 aromatic heterocycles. The van der Waals surface area contributed by atoms with E-state index in [0.717, 1.165) is 49.6 Å². The van der Waals surface area contributed by atoms with Crippen LogP contribution in [0.15, 0.2) is 59.6 Å². The molecule has 3 aromatic carbocycles. The Balaban J connectivity index is 1.28. The molecule has 0 atom stereocenters. The van der Waals surface area contributed by atoms with Gasteiger partial charge in [-0.2, -0.15) is 0 Å². The van der Waals surface area contributed by atoms with Gasteiger partial charge in [-0.05, 0) is 97.3 Å². The molecule has 6 rings (SSSR count). The third-order valence-electron chi connectivity index (χ3n) is 7.75. The van der Waals surface area contributed by atoms with Crippen LogP contribution in [0.4, 0.5) is 14.5 Å². The number of amides is 1. The van der Waals surface area contributed by atoms with Crippen LogP contribution in [0.1, 0.15) is 59.2 Å². The Labute approximate surface area is 248 Å². The standard InChI is InChI=1S/C33H36F2N4O2/c1-38-8-10-39(11-9-38)29-4-5-30(26(19-29)15-22-6-12-41-13-7-22)33(40)37-32-31-18-23(2-3-25(31)21-36-32)14-24-16-27(34)20-28(35)17-24/h2-5,16-20,22H,6-15,21H2,1H3,(H,36,37,40)/i12D2,13D2,14D2. The van der Waals surface area contributed by atoms with E-state index in [1.807, 2.05) is 12.1 Å². The number of carbonyl (C=O) groups excluding carboxylic acids is 1. The van der Waals surface area contributed by atoms with Crippen molar-refractivity contribution in [2.24, 2.45) is 10.9 Å². The zero-order valence-corrected chi connectivity index (χ0v) is 22.8. The number of hydrogen-bond acceptors (Lipinski definition) is 5. The molecule has 2 saturated heterocycles. The molecule has 1 amide bonds. The summed E-state index contributed by atoms with van der Waals surface area (Å²) in [6.07, 6.45) is -2.02. The van der Waals surface area contributed by atoms with E-state index in [0.29, 0.717) is 22.8 Å². The first kappa shape index (κ1) is 21.1. The number of aliphatic imine (C=N–C) groups is 1. The Morgan fingerprint density at radius 1 is 1.02 bits per heavy atom. The minimum Gasteiger partial charge on any atom is -0.381 e. The molecule has 0 spiro atoms. The summed E-state index contributed by atoms with van der Waals surface area (Å²) in [5.74, 6) is -2.43. The molecule has 0 aliphatic carbocycles. The van der Waals surface area contributed by atoms with E-state index in [2.05, 4.69) is 27.2 Å². The van der Waals surface area contributed by atoms with Gasteiger partial charge >= 0.3 is 0 Å². The average Bonchev–Trinajstić information content (AvgIpc) is 3.37. The topological polar surface area (TPSA) is 57.2 Å². The Bertz CT molecular complexity index is 1690. The van der Waals surface area contributed by atoms with E-state index in [-0.39, 0.29) is 42.8 Å². The minimum atomic E-state index is -2.23. The fourth-order valence-electron chi connectivity index (χ4n) is 5.47. The number of fused-ring (bicyclic) bond motifs is 1. The van der Waals surface area contributed by atoms with Crippen LogP contribution in [-0.2, 0) is 24.1 Å². The zero-order chi connectivity index (χ0) is 33.7. The number of ether oxygens (including phenoxy) is 1. The van der Waals surface area contributed by atoms with Crippen LogP contribution in [-0.4, -0.2) is 63.0 Å². The van der Waals surface area contributed by atoms with Gasteiger partial charge in [0.05, 0.1) is 12.0 Å². The number of rotatable bonds is 6. The van der Waals surface area contributed by atoms with Crippen molar-refractivity contribution in [3.8, 4) is 0 Å². The highest BCUT2D eigenvalue weighted by atomic mass is 19.1. The summed E-state index contributed by atoms with van der Waals surface area (Å²) in [6.45, 7) is -0.677. The first-order chi connectivity index (χ1) is 22.1. The van der Waals surface area contributed by atoms with Crippen molar-refractivity contribution in [1.29, 1.82) is 0 Å². The van der Waals surface area contributed by atoms with Gasteiger partial charge in [0.1, 0.15) is 17.5 Å². The predicted octanol–water partition coefficient (Wildman–Crippen LogP) is 4.97. The average molecular weight is 565 g/mol. The Hall–Kier alpha value is -3.62. The molecule has 8 heteroatoms. The van der Waals surface area contributed by atoms with Crippen molar-refractivity contribution in [3.05, 3.63) is 99.6 Å². The van der Waals surface area contributed by atoms with Crippen LogP contribution in [0.3, 0.4) is 0 Å². The smallest absolute Gasteiger partial charge is 0.257 e. The molecule has 3 aliphatic rings. The van der Waals surface area contributed by atoms with E-state index >= 15 is 0 Å². The number of hydrogen-bond donors (Lipinski definition) is 1. The lowest BCUT2D eigenvalue weighted by molar-refractivity contribution is 0.0664. The quantitative estimate of drug-likeness (QED) is 0.460. The molecule has 1 N–H and O–H groups in total. The molecule has 2 fully saturated rings. The van der Waals surface area contributed by atoms with Crippen LogP contribution in [0.25, 0.3) is 0 Å². The number of piperazine rings is 1. The molecule has 0 bridgehead atoms. The van der Waals surface area contributed by atoms with E-state index in [4.69, 9.17) is 13.0 Å². The highest BCUT2D eigenvalue weighted by molar-refractivity contribution is 6.14. The molecule has 0 saturated carbocycles. The summed E-state index contributed by atoms with van der Waals surface area (Å²) in [5.41, 5.74) is 3.13. The maximum absolute atomic E-state index is 13.9. The third kappa shape index (κ3) is 6.49. The molecule has 6 nitrogen and oxygen atoms in total. The second-order valence-corrected chi connectivity index (χ2v) is 10.8. The van der Waals surface area contributed by atoms with Crippen molar-refractivity contribution in [2.75, 3.05) is 51.2 Å². The van der Waals surface area contributed by atoms with E-state index in [9.17, 15) is 13.6 Å². The first-order valence-electron chi connectivity index (χ1n) is 16.8. The van der Waals surface area contributed by atoms with Gasteiger partial charge in [0.2, 0.25) is 0 Å². The highest BCUT2D eigenvalue weighted by Gasteiger charge is 2.24. The van der Waals surface area contributed by atoms with E-state index in [1.54, 1.807) is 18.2 Å². The maximum atomic E-state index is 13.9. The SMILES string of the molecule is [2H]C1([2H])CC(Cc2cc(N3CCN(C)CC3)ccc2C(=O)NC2=NCc3ccc(C([2H])([2H])c4cc(F)cc(F)c4)cc32)CC([2H])([2H])O1. The number of likely N-dealkylation sites (N-methyl/N-ethyl adjacent to an activating group) is 1. The monoisotopic (exact) mass is 564 g/mol. The van der Waals surface area contributed by atoms with Gasteiger partial charge in [-0.25, -0.2) is 8.78 Å². The van der Waals surface area contributed by atoms with Gasteiger partial charge in [-0.1, -0.05) is 12.1 Å². The van der Waals surface area contributed by atoms with Crippen LogP contribution in [0.5, 0.6) is 0 Å². The molecular weight excluding hydrogens is 522 g/mol. The van der Waals surface area contributed by atoms with Gasteiger partial charge in [0.15, 0.2) is 0 Å². The minimum absolute atomic E-state index is 0.0215. The van der Waals surface area contributed by atoms with Crippen LogP contribution in [0, 0.1) is 17.6 Å². The number of benzene rings is 3. The summed E-state index contributed by atoms with van der Waals surface area (Å²) in [7, 11) is 2.06. The lowest BCUT2D eigenvalue weighted by Gasteiger charge is -2.34. The third-order valence-corrected chi connectivity index (χ3v) is 7.75. The van der Waals surface area contributed by atoms with Gasteiger partial charge < -0.3 is 19.9 Å². The van der Waals surface area contributed by atoms with Gasteiger partial charge in [-0.3, -0.25) is 9.79 Å². The summed E-state index contributed by atoms with van der Waals surface area (Å²) in [6, 6.07) is 12.9. The molecule has 0 radical (unpaired) electrons. The van der Waals surface area contributed by atoms with Crippen molar-refractivity contribution >= 4 is 17.4 Å². The molecule has 0 unspecified atom stereocenters. The normalized spacial score (nSPS) is 22.8. The van der Waals surface area contributed by atoms with E-state index < -0.39 is 43.0 Å². The summed E-state index contributed by atoms with van der Waals surface area (Å²) in [5, 5.41) is 2.88. The number of nitrogens with one attached hydrogen (secondary N) is 1. The predicted molar refractivity (Wildman–Crippen MR) is 157 cm³/mol. The van der Waals surface area contributed by atoms with Crippen molar-refractivity contribution < 1.29 is 26.5 Å². The van der Waals surface area contributed by atoms with Crippen molar-refractivity contribution in [3.63, 3.8) is 0 Å². The number of nitrogens with zero attached hydrogens (tertiary/aromatic N) is 3. The number of halogens is 2. The highest BCUT2D eigenvalue weighted by Crippen LogP contribution is 2.28. The fraction of sp³-hybridized carbons (Fsp3) is 0.394. The largest absolute Gasteiger partial charge is 0.381 e. The summed E-state index contributed by atoms with van der Waals surface area (Å²) >= 11 is 0. The molecule has 41 heavy (non-hydrogen) atoms. The second kappa shape index (κ2) is 12.1. The second-order valence-electron chi connectivity index (χ2n) is 10.8. The number of carbonyl (C=O) groups is 1. The van der Waals surface area contributed by atoms with Crippen molar-refractivity contribution in [2.45, 2.75) is 32.2 Å². The maximum Gasteiger partial charge on any atom is 0.257 e. The van der Waals surface area contributed by atoms with Crippen LogP contribution < -0.4 is 10.2 Å². The van der Waals surface area contributed by atoms with Crippen LogP contribution in [0.2, 0.25) is 0 Å². The summed E-state index contributed by atoms with van der Waals surface area (Å²) in [4.78, 5) is 22.8. The van der Waals surface area contributed by atoms with Crippen LogP contribution >= 0.6 is 0 Å². The molecule has 3 aromatic rings.